The fraction of sp³-hybridized carbons (Fsp3) is 0.304. The van der Waals surface area contributed by atoms with Crippen molar-refractivity contribution in [3.05, 3.63) is 64.3 Å². The second kappa shape index (κ2) is 8.93. The van der Waals surface area contributed by atoms with Gasteiger partial charge in [-0.3, -0.25) is 9.59 Å². The van der Waals surface area contributed by atoms with Gasteiger partial charge in [0.1, 0.15) is 5.82 Å². The first-order valence-corrected chi connectivity index (χ1v) is 10.8. The van der Waals surface area contributed by atoms with Gasteiger partial charge in [0.05, 0.1) is 11.5 Å². The van der Waals surface area contributed by atoms with Gasteiger partial charge in [-0.15, -0.1) is 11.3 Å². The van der Waals surface area contributed by atoms with Gasteiger partial charge >= 0.3 is 0 Å². The fourth-order valence-corrected chi connectivity index (χ4v) is 4.95. The molecule has 0 bridgehead atoms. The zero-order chi connectivity index (χ0) is 21.1. The molecular formula is C23H23FN2O3S. The molecule has 7 heteroatoms. The molecule has 1 aromatic heterocycles. The third kappa shape index (κ3) is 4.08. The summed E-state index contributed by atoms with van der Waals surface area (Å²) in [6.07, 6.45) is 3.19. The van der Waals surface area contributed by atoms with Crippen molar-refractivity contribution >= 4 is 38.9 Å². The Morgan fingerprint density at radius 2 is 1.90 bits per heavy atom. The molecule has 1 fully saturated rings. The number of thiophene rings is 1. The van der Waals surface area contributed by atoms with Crippen molar-refractivity contribution in [1.29, 1.82) is 0 Å². The number of nitrogens with one attached hydrogen (secondary N) is 1. The molecule has 156 valence electrons. The first-order valence-electron chi connectivity index (χ1n) is 9.98. The largest absolute Gasteiger partial charge is 0.380 e. The number of hydrogen-bond acceptors (Lipinski definition) is 4. The van der Waals surface area contributed by atoms with E-state index in [1.54, 1.807) is 36.4 Å². The van der Waals surface area contributed by atoms with Crippen LogP contribution in [-0.4, -0.2) is 36.9 Å². The van der Waals surface area contributed by atoms with Crippen LogP contribution in [0.1, 0.15) is 44.9 Å². The summed E-state index contributed by atoms with van der Waals surface area (Å²) in [5, 5.41) is 3.28. The van der Waals surface area contributed by atoms with E-state index in [0.29, 0.717) is 31.8 Å². The van der Waals surface area contributed by atoms with Crippen molar-refractivity contribution in [2.45, 2.75) is 25.9 Å². The minimum atomic E-state index is -0.371. The standard InChI is InChI=1S/C23H23FN2O3S/c1-29-14-17-20-18(24)9-6-10-19(20)30-21(17)22(27)25-16-8-5-7-15(13-16)23(28)26-11-3-2-4-12-26/h5-10,13H,2-4,11-12,14H2,1H3,(H,25,27). The molecule has 1 N–H and O–H groups in total. The highest BCUT2D eigenvalue weighted by atomic mass is 32.1. The summed E-state index contributed by atoms with van der Waals surface area (Å²) in [5.74, 6) is -0.732. The lowest BCUT2D eigenvalue weighted by Crippen LogP contribution is -2.35. The zero-order valence-corrected chi connectivity index (χ0v) is 17.6. The summed E-state index contributed by atoms with van der Waals surface area (Å²) in [5.41, 5.74) is 1.62. The quantitative estimate of drug-likeness (QED) is 0.620. The summed E-state index contributed by atoms with van der Waals surface area (Å²) >= 11 is 1.23. The number of rotatable bonds is 5. The maximum absolute atomic E-state index is 14.4. The summed E-state index contributed by atoms with van der Waals surface area (Å²) in [6, 6.07) is 11.8. The molecule has 0 spiro atoms. The molecule has 30 heavy (non-hydrogen) atoms. The van der Waals surface area contributed by atoms with Crippen LogP contribution in [0.15, 0.2) is 42.5 Å². The van der Waals surface area contributed by atoms with Gasteiger partial charge in [-0.1, -0.05) is 12.1 Å². The van der Waals surface area contributed by atoms with Crippen LogP contribution in [0.4, 0.5) is 10.1 Å². The number of fused-ring (bicyclic) bond motifs is 1. The second-order valence-electron chi connectivity index (χ2n) is 7.34. The van der Waals surface area contributed by atoms with E-state index in [1.165, 1.54) is 24.5 Å². The molecule has 3 aromatic rings. The van der Waals surface area contributed by atoms with Gasteiger partial charge in [0.15, 0.2) is 0 Å². The normalized spacial score (nSPS) is 14.1. The van der Waals surface area contributed by atoms with Gasteiger partial charge in [-0.2, -0.15) is 0 Å². The number of nitrogens with zero attached hydrogens (tertiary/aromatic N) is 1. The number of likely N-dealkylation sites (tertiary alicyclic amines) is 1. The van der Waals surface area contributed by atoms with Crippen LogP contribution in [0.3, 0.4) is 0 Å². The summed E-state index contributed by atoms with van der Waals surface area (Å²) in [7, 11) is 1.52. The lowest BCUT2D eigenvalue weighted by atomic mass is 10.1. The number of carbonyl (C=O) groups excluding carboxylic acids is 2. The number of amides is 2. The van der Waals surface area contributed by atoms with Gasteiger partial charge in [0, 0.05) is 47.1 Å². The van der Waals surface area contributed by atoms with Crippen LogP contribution >= 0.6 is 11.3 Å². The molecular weight excluding hydrogens is 403 g/mol. The Morgan fingerprint density at radius 3 is 2.67 bits per heavy atom. The lowest BCUT2D eigenvalue weighted by molar-refractivity contribution is 0.0724. The van der Waals surface area contributed by atoms with Crippen LogP contribution < -0.4 is 5.32 Å². The highest BCUT2D eigenvalue weighted by molar-refractivity contribution is 7.21. The molecule has 0 radical (unpaired) electrons. The minimum Gasteiger partial charge on any atom is -0.380 e. The molecule has 4 rings (SSSR count). The molecule has 5 nitrogen and oxygen atoms in total. The Morgan fingerprint density at radius 1 is 1.13 bits per heavy atom. The van der Waals surface area contributed by atoms with E-state index in [4.69, 9.17) is 4.74 Å². The number of piperidine rings is 1. The molecule has 0 atom stereocenters. The number of halogens is 1. The van der Waals surface area contributed by atoms with Gasteiger partial charge in [0.25, 0.3) is 11.8 Å². The van der Waals surface area contributed by atoms with Gasteiger partial charge < -0.3 is 15.0 Å². The summed E-state index contributed by atoms with van der Waals surface area (Å²) in [4.78, 5) is 28.0. The smallest absolute Gasteiger partial charge is 0.266 e. The van der Waals surface area contributed by atoms with Crippen LogP contribution in [0.5, 0.6) is 0 Å². The van der Waals surface area contributed by atoms with Gasteiger partial charge in [-0.05, 0) is 49.6 Å². The molecule has 0 saturated carbocycles. The number of anilines is 1. The van der Waals surface area contributed by atoms with Crippen LogP contribution in [-0.2, 0) is 11.3 Å². The van der Waals surface area contributed by atoms with Crippen LogP contribution in [0, 0.1) is 5.82 Å². The molecule has 0 aliphatic carbocycles. The number of methoxy groups -OCH3 is 1. The third-order valence-corrected chi connectivity index (χ3v) is 6.46. The molecule has 1 aliphatic rings. The predicted octanol–water partition coefficient (Wildman–Crippen LogP) is 5.07. The average molecular weight is 427 g/mol. The molecule has 1 saturated heterocycles. The fourth-order valence-electron chi connectivity index (χ4n) is 3.83. The van der Waals surface area contributed by atoms with Crippen LogP contribution in [0.25, 0.3) is 10.1 Å². The van der Waals surface area contributed by atoms with E-state index in [1.807, 2.05) is 4.90 Å². The Balaban J connectivity index is 1.59. The molecule has 2 aromatic carbocycles. The van der Waals surface area contributed by atoms with E-state index >= 15 is 0 Å². The highest BCUT2D eigenvalue weighted by Crippen LogP contribution is 2.34. The second-order valence-corrected chi connectivity index (χ2v) is 8.40. The van der Waals surface area contributed by atoms with Crippen molar-refractivity contribution in [3.63, 3.8) is 0 Å². The highest BCUT2D eigenvalue weighted by Gasteiger charge is 2.22. The lowest BCUT2D eigenvalue weighted by Gasteiger charge is -2.26. The predicted molar refractivity (Wildman–Crippen MR) is 117 cm³/mol. The Bertz CT molecular complexity index is 1090. The van der Waals surface area contributed by atoms with Crippen molar-refractivity contribution in [3.8, 4) is 0 Å². The monoisotopic (exact) mass is 426 g/mol. The SMILES string of the molecule is COCc1c(C(=O)Nc2cccc(C(=O)N3CCCCC3)c2)sc2cccc(F)c12. The Hall–Kier alpha value is -2.77. The molecule has 0 unspecified atom stereocenters. The van der Waals surface area contributed by atoms with Gasteiger partial charge in [0.2, 0.25) is 0 Å². The topological polar surface area (TPSA) is 58.6 Å². The number of hydrogen-bond donors (Lipinski definition) is 1. The first-order chi connectivity index (χ1) is 14.6. The molecule has 2 heterocycles. The summed E-state index contributed by atoms with van der Waals surface area (Å²) < 4.78 is 20.3. The molecule has 1 aliphatic heterocycles. The van der Waals surface area contributed by atoms with Gasteiger partial charge in [-0.25, -0.2) is 4.39 Å². The number of carbonyl (C=O) groups is 2. The first kappa shape index (κ1) is 20.5. The number of ether oxygens (including phenoxy) is 1. The maximum Gasteiger partial charge on any atom is 0.266 e. The summed E-state index contributed by atoms with van der Waals surface area (Å²) in [6.45, 7) is 1.67. The van der Waals surface area contributed by atoms with E-state index in [0.717, 1.165) is 32.4 Å². The van der Waals surface area contributed by atoms with Crippen molar-refractivity contribution in [1.82, 2.24) is 4.90 Å². The average Bonchev–Trinajstić information content (AvgIpc) is 3.14. The Labute approximate surface area is 178 Å². The minimum absolute atomic E-state index is 0.0187. The number of benzene rings is 2. The van der Waals surface area contributed by atoms with Crippen molar-refractivity contribution < 1.29 is 18.7 Å². The zero-order valence-electron chi connectivity index (χ0n) is 16.7. The van der Waals surface area contributed by atoms with Crippen molar-refractivity contribution in [2.24, 2.45) is 0 Å². The molecule has 2 amide bonds. The van der Waals surface area contributed by atoms with E-state index in [2.05, 4.69) is 5.32 Å². The van der Waals surface area contributed by atoms with Crippen molar-refractivity contribution in [2.75, 3.05) is 25.5 Å². The maximum atomic E-state index is 14.4. The Kier molecular flexibility index (Phi) is 6.11. The van der Waals surface area contributed by atoms with E-state index < -0.39 is 0 Å². The van der Waals surface area contributed by atoms with E-state index in [9.17, 15) is 14.0 Å². The third-order valence-electron chi connectivity index (χ3n) is 5.27. The van der Waals surface area contributed by atoms with Crippen LogP contribution in [0.2, 0.25) is 0 Å². The van der Waals surface area contributed by atoms with E-state index in [-0.39, 0.29) is 24.2 Å².